The van der Waals surface area contributed by atoms with Crippen LogP contribution in [0.4, 0.5) is 5.82 Å². The van der Waals surface area contributed by atoms with E-state index in [-0.39, 0.29) is 17.9 Å². The topological polar surface area (TPSA) is 118 Å². The number of aryl methyl sites for hydroxylation is 1. The second-order valence-electron chi connectivity index (χ2n) is 11.3. The van der Waals surface area contributed by atoms with Crippen molar-refractivity contribution < 1.29 is 14.3 Å². The summed E-state index contributed by atoms with van der Waals surface area (Å²) < 4.78 is 6.33. The molecule has 2 aliphatic rings. The van der Waals surface area contributed by atoms with Crippen LogP contribution in [0.15, 0.2) is 73.2 Å². The van der Waals surface area contributed by atoms with Crippen molar-refractivity contribution in [1.29, 1.82) is 0 Å². The van der Waals surface area contributed by atoms with E-state index in [1.54, 1.807) is 58.7 Å². The summed E-state index contributed by atoms with van der Waals surface area (Å²) in [6.45, 7) is 4.31. The maximum Gasteiger partial charge on any atom is 0.266 e. The van der Waals surface area contributed by atoms with Crippen LogP contribution in [0, 0.1) is 0 Å². The molecule has 1 saturated carbocycles. The van der Waals surface area contributed by atoms with Gasteiger partial charge in [-0.05, 0) is 75.2 Å². The third kappa shape index (κ3) is 6.63. The number of para-hydroxylation sites is 1. The van der Waals surface area contributed by atoms with Crippen LogP contribution in [0.5, 0.6) is 11.5 Å². The van der Waals surface area contributed by atoms with E-state index in [0.29, 0.717) is 46.5 Å². The second-order valence-corrected chi connectivity index (χ2v) is 11.3. The Morgan fingerprint density at radius 3 is 2.73 bits per heavy atom. The van der Waals surface area contributed by atoms with Crippen LogP contribution in [-0.2, 0) is 11.2 Å². The molecule has 11 heteroatoms. The summed E-state index contributed by atoms with van der Waals surface area (Å²) in [5, 5.41) is 13.1. The highest BCUT2D eigenvalue weighted by Gasteiger charge is 2.30. The van der Waals surface area contributed by atoms with E-state index < -0.39 is 0 Å². The summed E-state index contributed by atoms with van der Waals surface area (Å²) in [6, 6.07) is 13.2. The molecule has 1 saturated heterocycles. The number of nitrogens with zero attached hydrogens (tertiary/aromatic N) is 6. The molecule has 2 amide bonds. The third-order valence-corrected chi connectivity index (χ3v) is 8.01. The van der Waals surface area contributed by atoms with Gasteiger partial charge in [-0.25, -0.2) is 15.0 Å². The van der Waals surface area contributed by atoms with Gasteiger partial charge >= 0.3 is 0 Å². The Kier molecular flexibility index (Phi) is 8.94. The van der Waals surface area contributed by atoms with Crippen LogP contribution >= 0.6 is 0 Å². The highest BCUT2D eigenvalue weighted by Crippen LogP contribution is 2.32. The Morgan fingerprint density at radius 2 is 1.93 bits per heavy atom. The SMILES string of the molecule is CCCc1ccnc(NC(=O)c2ccccc2Oc2ccnc3c2cnn3N(C(=O)/C=C/CN(C)C2CC2)C2CCNC2)c1. The predicted octanol–water partition coefficient (Wildman–Crippen LogP) is 4.30. The number of aromatic nitrogens is 4. The van der Waals surface area contributed by atoms with Crippen molar-refractivity contribution >= 4 is 28.7 Å². The van der Waals surface area contributed by atoms with Gasteiger partial charge in [0.25, 0.3) is 11.8 Å². The molecule has 1 atom stereocenters. The summed E-state index contributed by atoms with van der Waals surface area (Å²) in [7, 11) is 2.08. The molecule has 1 unspecified atom stereocenters. The first-order chi connectivity index (χ1) is 21.5. The van der Waals surface area contributed by atoms with Crippen LogP contribution in [0.1, 0.15) is 48.5 Å². The number of rotatable bonds is 12. The van der Waals surface area contributed by atoms with Gasteiger partial charge in [0.05, 0.1) is 23.2 Å². The summed E-state index contributed by atoms with van der Waals surface area (Å²) in [4.78, 5) is 39.6. The lowest BCUT2D eigenvalue weighted by Crippen LogP contribution is -2.49. The van der Waals surface area contributed by atoms with Crippen molar-refractivity contribution in [2.75, 3.05) is 37.0 Å². The first-order valence-electron chi connectivity index (χ1n) is 15.3. The van der Waals surface area contributed by atoms with E-state index in [0.717, 1.165) is 37.9 Å². The van der Waals surface area contributed by atoms with Gasteiger partial charge in [0.15, 0.2) is 5.65 Å². The minimum Gasteiger partial charge on any atom is -0.456 e. The largest absolute Gasteiger partial charge is 0.456 e. The van der Waals surface area contributed by atoms with Gasteiger partial charge in [0.1, 0.15) is 17.3 Å². The Morgan fingerprint density at radius 1 is 1.09 bits per heavy atom. The second kappa shape index (κ2) is 13.4. The number of nitrogens with one attached hydrogen (secondary N) is 2. The molecule has 2 N–H and O–H groups in total. The van der Waals surface area contributed by atoms with Crippen molar-refractivity contribution in [1.82, 2.24) is 30.1 Å². The van der Waals surface area contributed by atoms with Gasteiger partial charge in [0, 0.05) is 37.6 Å². The van der Waals surface area contributed by atoms with Gasteiger partial charge in [-0.3, -0.25) is 14.5 Å². The molecule has 2 fully saturated rings. The Bertz CT molecular complexity index is 1660. The monoisotopic (exact) mass is 594 g/mol. The smallest absolute Gasteiger partial charge is 0.266 e. The fourth-order valence-electron chi connectivity index (χ4n) is 5.51. The molecular weight excluding hydrogens is 556 g/mol. The van der Waals surface area contributed by atoms with Crippen molar-refractivity contribution in [2.24, 2.45) is 0 Å². The normalized spacial score (nSPS) is 16.6. The maximum atomic E-state index is 13.6. The van der Waals surface area contributed by atoms with Crippen LogP contribution in [0.3, 0.4) is 0 Å². The van der Waals surface area contributed by atoms with Crippen molar-refractivity contribution in [2.45, 2.75) is 51.1 Å². The molecule has 44 heavy (non-hydrogen) atoms. The number of anilines is 1. The van der Waals surface area contributed by atoms with Gasteiger partial charge in [-0.1, -0.05) is 31.6 Å². The zero-order chi connectivity index (χ0) is 30.5. The lowest BCUT2D eigenvalue weighted by atomic mass is 10.1. The Hall–Kier alpha value is -4.61. The number of fused-ring (bicyclic) bond motifs is 1. The van der Waals surface area contributed by atoms with E-state index in [4.69, 9.17) is 4.74 Å². The minimum atomic E-state index is -0.327. The van der Waals surface area contributed by atoms with Crippen molar-refractivity contribution in [3.05, 3.63) is 84.3 Å². The highest BCUT2D eigenvalue weighted by molar-refractivity contribution is 6.06. The fourth-order valence-corrected chi connectivity index (χ4v) is 5.51. The molecule has 4 heterocycles. The first-order valence-corrected chi connectivity index (χ1v) is 15.3. The Labute approximate surface area is 256 Å². The molecular formula is C33H38N8O3. The molecule has 1 aliphatic heterocycles. The molecule has 0 bridgehead atoms. The van der Waals surface area contributed by atoms with Gasteiger partial charge < -0.3 is 15.4 Å². The van der Waals surface area contributed by atoms with Crippen LogP contribution in [-0.4, -0.2) is 75.3 Å². The number of pyridine rings is 2. The van der Waals surface area contributed by atoms with E-state index in [1.165, 1.54) is 12.8 Å². The molecule has 0 spiro atoms. The zero-order valence-electron chi connectivity index (χ0n) is 25.1. The number of likely N-dealkylation sites (N-methyl/N-ethyl adjacent to an activating group) is 1. The molecule has 6 rings (SSSR count). The number of ether oxygens (including phenoxy) is 1. The molecule has 228 valence electrons. The average molecular weight is 595 g/mol. The zero-order valence-corrected chi connectivity index (χ0v) is 25.1. The number of hydrogen-bond acceptors (Lipinski definition) is 8. The third-order valence-electron chi connectivity index (χ3n) is 8.01. The lowest BCUT2D eigenvalue weighted by molar-refractivity contribution is -0.116. The van der Waals surface area contributed by atoms with Crippen LogP contribution in [0.2, 0.25) is 0 Å². The minimum absolute atomic E-state index is 0.0725. The number of amides is 2. The number of carbonyl (C=O) groups is 2. The van der Waals surface area contributed by atoms with E-state index >= 15 is 0 Å². The standard InChI is InChI=1S/C33H38N8O3/c1-3-7-23-13-17-35-30(20-23)38-33(43)26-8-4-5-9-28(26)44-29-15-18-36-32-27(29)22-37-41(32)40(25-14-16-34-21-25)31(42)10-6-19-39(2)24-11-12-24/h4-6,8-10,13,15,17-18,20,22,24-25,34H,3,7,11-12,14,16,19,21H2,1-2H3,(H,35,38,43)/b10-6+. The van der Waals surface area contributed by atoms with E-state index in [9.17, 15) is 9.59 Å². The molecule has 1 aliphatic carbocycles. The molecule has 1 aromatic carbocycles. The van der Waals surface area contributed by atoms with Crippen LogP contribution in [0.25, 0.3) is 11.0 Å². The van der Waals surface area contributed by atoms with Gasteiger partial charge in [-0.2, -0.15) is 5.10 Å². The van der Waals surface area contributed by atoms with E-state index in [2.05, 4.69) is 44.6 Å². The summed E-state index contributed by atoms with van der Waals surface area (Å²) in [6.07, 6.45) is 13.7. The summed E-state index contributed by atoms with van der Waals surface area (Å²) in [5.41, 5.74) is 1.97. The number of benzene rings is 1. The molecule has 3 aromatic heterocycles. The van der Waals surface area contributed by atoms with Crippen molar-refractivity contribution in [3.63, 3.8) is 0 Å². The van der Waals surface area contributed by atoms with Gasteiger partial charge in [0.2, 0.25) is 0 Å². The number of carbonyl (C=O) groups excluding carboxylic acids is 2. The molecule has 0 radical (unpaired) electrons. The summed E-state index contributed by atoms with van der Waals surface area (Å²) >= 11 is 0. The average Bonchev–Trinajstić information content (AvgIpc) is 3.58. The first kappa shape index (κ1) is 29.5. The maximum absolute atomic E-state index is 13.6. The fraction of sp³-hybridized carbons (Fsp3) is 0.364. The predicted molar refractivity (Wildman–Crippen MR) is 170 cm³/mol. The quantitative estimate of drug-likeness (QED) is 0.233. The van der Waals surface area contributed by atoms with Crippen molar-refractivity contribution in [3.8, 4) is 11.5 Å². The van der Waals surface area contributed by atoms with E-state index in [1.807, 2.05) is 24.3 Å². The van der Waals surface area contributed by atoms with Crippen LogP contribution < -0.4 is 20.4 Å². The molecule has 11 nitrogen and oxygen atoms in total. The Balaban J connectivity index is 1.25. The summed E-state index contributed by atoms with van der Waals surface area (Å²) in [5.74, 6) is 0.864. The van der Waals surface area contributed by atoms with Gasteiger partial charge in [-0.15, -0.1) is 4.79 Å². The number of hydrogen-bond donors (Lipinski definition) is 2. The molecule has 4 aromatic rings. The highest BCUT2D eigenvalue weighted by atomic mass is 16.5. The lowest BCUT2D eigenvalue weighted by Gasteiger charge is -2.27.